The molecule has 2 atom stereocenters. The van der Waals surface area contributed by atoms with E-state index in [1.807, 2.05) is 0 Å². The summed E-state index contributed by atoms with van der Waals surface area (Å²) in [7, 11) is 0. The fraction of sp³-hybridized carbons (Fsp3) is 0.818. The second kappa shape index (κ2) is 3.91. The van der Waals surface area contributed by atoms with Gasteiger partial charge >= 0.3 is 0 Å². The Hall–Kier alpha value is -0.540. The van der Waals surface area contributed by atoms with Crippen LogP contribution in [0.1, 0.15) is 27.2 Å². The van der Waals surface area contributed by atoms with Gasteiger partial charge in [-0.05, 0) is 11.8 Å². The molecule has 1 rings (SSSR count). The summed E-state index contributed by atoms with van der Waals surface area (Å²) in [6, 6.07) is 0.312. The van der Waals surface area contributed by atoms with Gasteiger partial charge in [0, 0.05) is 30.9 Å². The lowest BCUT2D eigenvalue weighted by atomic mass is 9.85. The maximum atomic E-state index is 6.14. The van der Waals surface area contributed by atoms with Crippen LogP contribution in [0, 0.1) is 5.41 Å². The first-order chi connectivity index (χ1) is 6.32. The number of nitrogens with zero attached hydrogens (tertiary/aromatic N) is 1. The molecular weight excluding hydrogens is 174 g/mol. The molecule has 0 aliphatic carbocycles. The van der Waals surface area contributed by atoms with Gasteiger partial charge in [-0.3, -0.25) is 0 Å². The SMILES string of the molecule is C=C(C(N)C(C)(C)C)N1CCC(N)C1. The molecule has 1 saturated heterocycles. The van der Waals surface area contributed by atoms with E-state index in [2.05, 4.69) is 32.3 Å². The average molecular weight is 197 g/mol. The van der Waals surface area contributed by atoms with Crippen LogP contribution in [-0.4, -0.2) is 30.1 Å². The molecule has 0 bridgehead atoms. The van der Waals surface area contributed by atoms with Crippen LogP contribution in [0.3, 0.4) is 0 Å². The van der Waals surface area contributed by atoms with E-state index in [9.17, 15) is 0 Å². The first kappa shape index (κ1) is 11.5. The molecule has 0 saturated carbocycles. The molecule has 14 heavy (non-hydrogen) atoms. The Morgan fingerprint density at radius 3 is 2.43 bits per heavy atom. The molecule has 82 valence electrons. The van der Waals surface area contributed by atoms with E-state index in [0.29, 0.717) is 6.04 Å². The van der Waals surface area contributed by atoms with Gasteiger partial charge in [0.05, 0.1) is 0 Å². The van der Waals surface area contributed by atoms with Gasteiger partial charge in [0.1, 0.15) is 0 Å². The van der Waals surface area contributed by atoms with Crippen molar-refractivity contribution in [3.05, 3.63) is 12.3 Å². The van der Waals surface area contributed by atoms with Crippen molar-refractivity contribution in [2.75, 3.05) is 13.1 Å². The third kappa shape index (κ3) is 2.49. The smallest absolute Gasteiger partial charge is 0.0489 e. The topological polar surface area (TPSA) is 55.3 Å². The van der Waals surface area contributed by atoms with Crippen molar-refractivity contribution >= 4 is 0 Å². The molecular formula is C11H23N3. The van der Waals surface area contributed by atoms with Crippen molar-refractivity contribution < 1.29 is 0 Å². The van der Waals surface area contributed by atoms with Crippen molar-refractivity contribution in [1.29, 1.82) is 0 Å². The van der Waals surface area contributed by atoms with Crippen LogP contribution in [0.2, 0.25) is 0 Å². The summed E-state index contributed by atoms with van der Waals surface area (Å²) in [6.07, 6.45) is 1.05. The van der Waals surface area contributed by atoms with Gasteiger partial charge in [-0.25, -0.2) is 0 Å². The third-order valence-electron chi connectivity index (χ3n) is 2.92. The van der Waals surface area contributed by atoms with Crippen molar-refractivity contribution in [2.45, 2.75) is 39.3 Å². The molecule has 0 amide bonds. The van der Waals surface area contributed by atoms with Crippen LogP contribution in [0.5, 0.6) is 0 Å². The summed E-state index contributed by atoms with van der Waals surface area (Å²) in [4.78, 5) is 2.22. The van der Waals surface area contributed by atoms with Gasteiger partial charge in [0.2, 0.25) is 0 Å². The van der Waals surface area contributed by atoms with Crippen molar-refractivity contribution in [1.82, 2.24) is 4.90 Å². The average Bonchev–Trinajstić information content (AvgIpc) is 2.47. The molecule has 0 aromatic rings. The first-order valence-electron chi connectivity index (χ1n) is 5.27. The standard InChI is InChI=1S/C11H23N3/c1-8(10(13)11(2,3)4)14-6-5-9(12)7-14/h9-10H,1,5-7,12-13H2,2-4H3. The van der Waals surface area contributed by atoms with Crippen molar-refractivity contribution in [2.24, 2.45) is 16.9 Å². The maximum absolute atomic E-state index is 6.14. The number of nitrogens with two attached hydrogens (primary N) is 2. The molecule has 0 aromatic heterocycles. The van der Waals surface area contributed by atoms with Gasteiger partial charge in [-0.15, -0.1) is 0 Å². The molecule has 3 nitrogen and oxygen atoms in total. The van der Waals surface area contributed by atoms with E-state index in [1.165, 1.54) is 0 Å². The Labute approximate surface area is 87.1 Å². The molecule has 0 aromatic carbocycles. The Morgan fingerprint density at radius 1 is 1.50 bits per heavy atom. The second-order valence-corrected chi connectivity index (χ2v) is 5.33. The predicted octanol–water partition coefficient (Wildman–Crippen LogP) is 0.907. The monoisotopic (exact) mass is 197 g/mol. The van der Waals surface area contributed by atoms with Crippen molar-refractivity contribution in [3.63, 3.8) is 0 Å². The van der Waals surface area contributed by atoms with E-state index < -0.39 is 0 Å². The summed E-state index contributed by atoms with van der Waals surface area (Å²) in [5.74, 6) is 0. The molecule has 0 radical (unpaired) electrons. The summed E-state index contributed by atoms with van der Waals surface area (Å²) in [6.45, 7) is 12.4. The summed E-state index contributed by atoms with van der Waals surface area (Å²) >= 11 is 0. The van der Waals surface area contributed by atoms with E-state index in [-0.39, 0.29) is 11.5 Å². The summed E-state index contributed by atoms with van der Waals surface area (Å²) in [5, 5.41) is 0. The Kier molecular flexibility index (Phi) is 3.22. The summed E-state index contributed by atoms with van der Waals surface area (Å²) < 4.78 is 0. The Balaban J connectivity index is 2.57. The predicted molar refractivity (Wildman–Crippen MR) is 60.7 cm³/mol. The summed E-state index contributed by atoms with van der Waals surface area (Å²) in [5.41, 5.74) is 13.1. The van der Waals surface area contributed by atoms with E-state index in [1.54, 1.807) is 0 Å². The quantitative estimate of drug-likeness (QED) is 0.692. The molecule has 0 spiro atoms. The second-order valence-electron chi connectivity index (χ2n) is 5.33. The van der Waals surface area contributed by atoms with Crippen LogP contribution < -0.4 is 11.5 Å². The molecule has 1 aliphatic heterocycles. The van der Waals surface area contributed by atoms with Crippen LogP contribution in [0.15, 0.2) is 12.3 Å². The van der Waals surface area contributed by atoms with Gasteiger partial charge in [-0.1, -0.05) is 27.4 Å². The van der Waals surface area contributed by atoms with Gasteiger partial charge < -0.3 is 16.4 Å². The zero-order valence-corrected chi connectivity index (χ0v) is 9.59. The van der Waals surface area contributed by atoms with Crippen LogP contribution in [0.4, 0.5) is 0 Å². The zero-order chi connectivity index (χ0) is 10.9. The number of hydrogen-bond donors (Lipinski definition) is 2. The minimum absolute atomic E-state index is 0.0211. The third-order valence-corrected chi connectivity index (χ3v) is 2.92. The molecule has 4 N–H and O–H groups in total. The van der Waals surface area contributed by atoms with Gasteiger partial charge in [0.15, 0.2) is 0 Å². The lowest BCUT2D eigenvalue weighted by Crippen LogP contribution is -2.42. The van der Waals surface area contributed by atoms with Crippen LogP contribution in [0.25, 0.3) is 0 Å². The molecule has 1 fully saturated rings. The molecule has 1 aliphatic rings. The van der Waals surface area contributed by atoms with Crippen molar-refractivity contribution in [3.8, 4) is 0 Å². The fourth-order valence-electron chi connectivity index (χ4n) is 1.74. The Bertz CT molecular complexity index is 217. The zero-order valence-electron chi connectivity index (χ0n) is 9.59. The molecule has 3 heteroatoms. The molecule has 1 heterocycles. The van der Waals surface area contributed by atoms with Crippen LogP contribution >= 0.6 is 0 Å². The highest BCUT2D eigenvalue weighted by molar-refractivity contribution is 5.10. The minimum atomic E-state index is 0.0211. The normalized spacial score (nSPS) is 25.2. The first-order valence-corrected chi connectivity index (χ1v) is 5.27. The largest absolute Gasteiger partial charge is 0.372 e. The van der Waals surface area contributed by atoms with Crippen LogP contribution in [-0.2, 0) is 0 Å². The van der Waals surface area contributed by atoms with E-state index in [4.69, 9.17) is 11.5 Å². The fourth-order valence-corrected chi connectivity index (χ4v) is 1.74. The molecule has 2 unspecified atom stereocenters. The van der Waals surface area contributed by atoms with E-state index >= 15 is 0 Å². The highest BCUT2D eigenvalue weighted by Crippen LogP contribution is 2.26. The lowest BCUT2D eigenvalue weighted by Gasteiger charge is -2.34. The minimum Gasteiger partial charge on any atom is -0.372 e. The Morgan fingerprint density at radius 2 is 2.07 bits per heavy atom. The van der Waals surface area contributed by atoms with E-state index in [0.717, 1.165) is 25.2 Å². The highest BCUT2D eigenvalue weighted by atomic mass is 15.2. The maximum Gasteiger partial charge on any atom is 0.0489 e. The highest BCUT2D eigenvalue weighted by Gasteiger charge is 2.29. The number of rotatable bonds is 2. The number of hydrogen-bond acceptors (Lipinski definition) is 3. The van der Waals surface area contributed by atoms with Gasteiger partial charge in [0.25, 0.3) is 0 Å². The lowest BCUT2D eigenvalue weighted by molar-refractivity contribution is 0.286. The number of likely N-dealkylation sites (tertiary alicyclic amines) is 1. The van der Waals surface area contributed by atoms with Gasteiger partial charge in [-0.2, -0.15) is 0 Å².